The summed E-state index contributed by atoms with van der Waals surface area (Å²) in [7, 11) is -4.02. The van der Waals surface area contributed by atoms with Crippen LogP contribution in [0.1, 0.15) is 27.0 Å². The molecule has 2 N–H and O–H groups in total. The minimum Gasteiger partial charge on any atom is -0.481 e. The van der Waals surface area contributed by atoms with E-state index in [4.69, 9.17) is 0 Å². The number of carboxylic acids is 1. The lowest BCUT2D eigenvalue weighted by Gasteiger charge is -2.16. The molecule has 0 aromatic heterocycles. The summed E-state index contributed by atoms with van der Waals surface area (Å²) in [5.74, 6) is -1.54. The monoisotopic (exact) mass is 409 g/mol. The van der Waals surface area contributed by atoms with Gasteiger partial charge in [0.1, 0.15) is 0 Å². The minimum atomic E-state index is -4.02. The summed E-state index contributed by atoms with van der Waals surface area (Å²) in [5, 5.41) is 9.22. The SMILES string of the molecule is Cc1ccc(S(=O)(=O)Nc2c(CC(=O)O)cccc2C(=O)c2ccccc2)cc1. The molecule has 0 heterocycles. The van der Waals surface area contributed by atoms with Crippen LogP contribution in [0.3, 0.4) is 0 Å². The predicted molar refractivity (Wildman–Crippen MR) is 110 cm³/mol. The van der Waals surface area contributed by atoms with Gasteiger partial charge in [-0.2, -0.15) is 0 Å². The molecule has 0 bridgehead atoms. The molecule has 3 aromatic carbocycles. The Bertz CT molecular complexity index is 1150. The number of sulfonamides is 1. The van der Waals surface area contributed by atoms with E-state index in [0.29, 0.717) is 5.56 Å². The molecule has 29 heavy (non-hydrogen) atoms. The van der Waals surface area contributed by atoms with E-state index < -0.39 is 28.2 Å². The van der Waals surface area contributed by atoms with Crippen LogP contribution >= 0.6 is 0 Å². The molecule has 0 unspecified atom stereocenters. The van der Waals surface area contributed by atoms with Gasteiger partial charge in [-0.3, -0.25) is 14.3 Å². The van der Waals surface area contributed by atoms with Crippen molar-refractivity contribution in [3.8, 4) is 0 Å². The lowest BCUT2D eigenvalue weighted by molar-refractivity contribution is -0.136. The smallest absolute Gasteiger partial charge is 0.307 e. The van der Waals surface area contributed by atoms with Crippen molar-refractivity contribution in [1.29, 1.82) is 0 Å². The highest BCUT2D eigenvalue weighted by atomic mass is 32.2. The first-order valence-electron chi connectivity index (χ1n) is 8.81. The fourth-order valence-corrected chi connectivity index (χ4v) is 4.00. The molecule has 3 rings (SSSR count). The number of anilines is 1. The van der Waals surface area contributed by atoms with Crippen molar-refractivity contribution in [3.05, 3.63) is 95.1 Å². The highest BCUT2D eigenvalue weighted by Gasteiger charge is 2.23. The van der Waals surface area contributed by atoms with Crippen molar-refractivity contribution in [1.82, 2.24) is 0 Å². The molecule has 0 aliphatic rings. The van der Waals surface area contributed by atoms with Crippen LogP contribution in [0.5, 0.6) is 0 Å². The summed E-state index contributed by atoms with van der Waals surface area (Å²) in [4.78, 5) is 24.3. The third-order valence-electron chi connectivity index (χ3n) is 4.34. The zero-order chi connectivity index (χ0) is 21.0. The van der Waals surface area contributed by atoms with Crippen LogP contribution in [0.4, 0.5) is 5.69 Å². The molecular weight excluding hydrogens is 390 g/mol. The van der Waals surface area contributed by atoms with Gasteiger partial charge in [-0.1, -0.05) is 60.2 Å². The van der Waals surface area contributed by atoms with E-state index >= 15 is 0 Å². The number of hydrogen-bond donors (Lipinski definition) is 2. The van der Waals surface area contributed by atoms with Crippen molar-refractivity contribution in [2.24, 2.45) is 0 Å². The summed E-state index contributed by atoms with van der Waals surface area (Å²) < 4.78 is 28.2. The third-order valence-corrected chi connectivity index (χ3v) is 5.71. The number of benzene rings is 3. The van der Waals surface area contributed by atoms with Gasteiger partial charge < -0.3 is 5.11 Å². The molecule has 0 aliphatic carbocycles. The molecule has 7 heteroatoms. The second kappa shape index (κ2) is 8.28. The normalized spacial score (nSPS) is 11.1. The number of hydrogen-bond acceptors (Lipinski definition) is 4. The highest BCUT2D eigenvalue weighted by Crippen LogP contribution is 2.27. The van der Waals surface area contributed by atoms with Crippen molar-refractivity contribution in [3.63, 3.8) is 0 Å². The first kappa shape index (κ1) is 20.3. The van der Waals surface area contributed by atoms with Crippen LogP contribution in [-0.4, -0.2) is 25.3 Å². The first-order chi connectivity index (χ1) is 13.8. The van der Waals surface area contributed by atoms with E-state index in [1.807, 2.05) is 6.92 Å². The van der Waals surface area contributed by atoms with E-state index in [-0.39, 0.29) is 21.7 Å². The molecular formula is C22H19NO5S. The molecule has 3 aromatic rings. The number of rotatable bonds is 7. The minimum absolute atomic E-state index is 0.0198. The quantitative estimate of drug-likeness (QED) is 0.580. The molecule has 0 radical (unpaired) electrons. The van der Waals surface area contributed by atoms with Crippen molar-refractivity contribution in [2.75, 3.05) is 4.72 Å². The molecule has 0 amide bonds. The molecule has 0 saturated carbocycles. The molecule has 148 valence electrons. The van der Waals surface area contributed by atoms with Crippen LogP contribution < -0.4 is 4.72 Å². The Kier molecular flexibility index (Phi) is 5.79. The topological polar surface area (TPSA) is 101 Å². The molecule has 0 saturated heterocycles. The number of nitrogens with one attached hydrogen (secondary N) is 1. The number of carbonyl (C=O) groups is 2. The number of para-hydroxylation sites is 1. The average molecular weight is 409 g/mol. The summed E-state index contributed by atoms with van der Waals surface area (Å²) in [6.07, 6.45) is -0.429. The van der Waals surface area contributed by atoms with Gasteiger partial charge in [0.05, 0.1) is 17.0 Å². The number of carboxylic acid groups (broad SMARTS) is 1. The van der Waals surface area contributed by atoms with E-state index in [0.717, 1.165) is 5.56 Å². The number of ketones is 1. The van der Waals surface area contributed by atoms with E-state index in [1.54, 1.807) is 42.5 Å². The van der Waals surface area contributed by atoms with Crippen molar-refractivity contribution >= 4 is 27.5 Å². The van der Waals surface area contributed by atoms with Gasteiger partial charge in [-0.05, 0) is 30.7 Å². The van der Waals surface area contributed by atoms with Gasteiger partial charge in [0.2, 0.25) is 0 Å². The number of aryl methyl sites for hydroxylation is 1. The zero-order valence-corrected chi connectivity index (χ0v) is 16.4. The predicted octanol–water partition coefficient (Wildman–Crippen LogP) is 3.65. The van der Waals surface area contributed by atoms with Crippen LogP contribution in [0.15, 0.2) is 77.7 Å². The van der Waals surface area contributed by atoms with Crippen LogP contribution in [-0.2, 0) is 21.2 Å². The van der Waals surface area contributed by atoms with Gasteiger partial charge in [-0.15, -0.1) is 0 Å². The fourth-order valence-electron chi connectivity index (χ4n) is 2.88. The standard InChI is InChI=1S/C22H19NO5S/c1-15-10-12-18(13-11-15)29(27,28)23-21-17(14-20(24)25)8-5-9-19(21)22(26)16-6-3-2-4-7-16/h2-13,23H,14H2,1H3,(H,24,25). The van der Waals surface area contributed by atoms with Crippen molar-refractivity contribution < 1.29 is 23.1 Å². The maximum absolute atomic E-state index is 13.0. The van der Waals surface area contributed by atoms with Gasteiger partial charge in [-0.25, -0.2) is 8.42 Å². The summed E-state index contributed by atoms with van der Waals surface area (Å²) >= 11 is 0. The Morgan fingerprint density at radius 1 is 0.897 bits per heavy atom. The Morgan fingerprint density at radius 3 is 2.17 bits per heavy atom. The molecule has 0 fully saturated rings. The molecule has 0 aliphatic heterocycles. The van der Waals surface area contributed by atoms with Crippen molar-refractivity contribution in [2.45, 2.75) is 18.2 Å². The highest BCUT2D eigenvalue weighted by molar-refractivity contribution is 7.92. The fraction of sp³-hybridized carbons (Fsp3) is 0.0909. The van der Waals surface area contributed by atoms with E-state index in [1.165, 1.54) is 30.3 Å². The zero-order valence-electron chi connectivity index (χ0n) is 15.6. The summed E-state index contributed by atoms with van der Waals surface area (Å²) in [5.41, 5.74) is 1.54. The maximum Gasteiger partial charge on any atom is 0.307 e. The van der Waals surface area contributed by atoms with E-state index in [2.05, 4.69) is 4.72 Å². The maximum atomic E-state index is 13.0. The Labute approximate surface area is 168 Å². The molecule has 0 spiro atoms. The molecule has 0 atom stereocenters. The second-order valence-corrected chi connectivity index (χ2v) is 8.21. The average Bonchev–Trinajstić information content (AvgIpc) is 2.69. The second-order valence-electron chi connectivity index (χ2n) is 6.52. The van der Waals surface area contributed by atoms with Gasteiger partial charge in [0.25, 0.3) is 10.0 Å². The van der Waals surface area contributed by atoms with Gasteiger partial charge >= 0.3 is 5.97 Å². The summed E-state index contributed by atoms with van der Waals surface area (Å²) in [6.45, 7) is 1.84. The number of carbonyl (C=O) groups excluding carboxylic acids is 1. The van der Waals surface area contributed by atoms with Crippen LogP contribution in [0.2, 0.25) is 0 Å². The van der Waals surface area contributed by atoms with Gasteiger partial charge in [0, 0.05) is 11.1 Å². The summed E-state index contributed by atoms with van der Waals surface area (Å²) in [6, 6.07) is 19.1. The lowest BCUT2D eigenvalue weighted by atomic mass is 9.98. The Balaban J connectivity index is 2.10. The van der Waals surface area contributed by atoms with Gasteiger partial charge in [0.15, 0.2) is 5.78 Å². The van der Waals surface area contributed by atoms with E-state index in [9.17, 15) is 23.1 Å². The van der Waals surface area contributed by atoms with Crippen LogP contribution in [0, 0.1) is 6.92 Å². The Morgan fingerprint density at radius 2 is 1.55 bits per heavy atom. The third kappa shape index (κ3) is 4.70. The largest absolute Gasteiger partial charge is 0.481 e. The van der Waals surface area contributed by atoms with Crippen LogP contribution in [0.25, 0.3) is 0 Å². The number of aliphatic carboxylic acids is 1. The first-order valence-corrected chi connectivity index (χ1v) is 10.3. The molecule has 6 nitrogen and oxygen atoms in total. The lowest BCUT2D eigenvalue weighted by Crippen LogP contribution is -2.18. The Hall–Kier alpha value is -3.45.